The molecule has 21 heavy (non-hydrogen) atoms. The van der Waals surface area contributed by atoms with E-state index < -0.39 is 0 Å². The van der Waals surface area contributed by atoms with Crippen molar-refractivity contribution >= 4 is 11.6 Å². The second-order valence-corrected chi connectivity index (χ2v) is 5.15. The number of benzene rings is 2. The fourth-order valence-electron chi connectivity index (χ4n) is 2.15. The predicted octanol–water partition coefficient (Wildman–Crippen LogP) is 3.16. The summed E-state index contributed by atoms with van der Waals surface area (Å²) >= 11 is 0. The maximum Gasteiger partial charge on any atom is 0.225 e. The van der Waals surface area contributed by atoms with Gasteiger partial charge >= 0.3 is 0 Å². The predicted molar refractivity (Wildman–Crippen MR) is 87.4 cm³/mol. The van der Waals surface area contributed by atoms with Crippen molar-refractivity contribution in [3.05, 3.63) is 65.7 Å². The highest BCUT2D eigenvalue weighted by atomic mass is 16.1. The van der Waals surface area contributed by atoms with Crippen LogP contribution in [-0.2, 0) is 11.2 Å². The third-order valence-electron chi connectivity index (χ3n) is 3.26. The van der Waals surface area contributed by atoms with E-state index in [1.54, 1.807) is 0 Å². The lowest BCUT2D eigenvalue weighted by atomic mass is 10.1. The molecule has 2 aromatic carbocycles. The van der Waals surface area contributed by atoms with E-state index in [4.69, 9.17) is 0 Å². The van der Waals surface area contributed by atoms with Crippen LogP contribution in [0.25, 0.3) is 0 Å². The number of carbonyl (C=O) groups excluding carboxylic acids is 1. The monoisotopic (exact) mass is 282 g/mol. The number of amides is 1. The molecule has 0 saturated heterocycles. The highest BCUT2D eigenvalue weighted by Crippen LogP contribution is 2.09. The third-order valence-corrected chi connectivity index (χ3v) is 3.26. The van der Waals surface area contributed by atoms with Gasteiger partial charge in [0.25, 0.3) is 0 Å². The molecule has 0 radical (unpaired) electrons. The van der Waals surface area contributed by atoms with Crippen molar-refractivity contribution < 1.29 is 4.79 Å². The SMILES string of the molecule is Cc1cccc(NC(=O)CCNCCc2ccccc2)c1. The Labute approximate surface area is 126 Å². The van der Waals surface area contributed by atoms with Gasteiger partial charge in [-0.3, -0.25) is 4.79 Å². The van der Waals surface area contributed by atoms with E-state index in [1.807, 2.05) is 49.4 Å². The summed E-state index contributed by atoms with van der Waals surface area (Å²) < 4.78 is 0. The van der Waals surface area contributed by atoms with Crippen molar-refractivity contribution in [2.45, 2.75) is 19.8 Å². The van der Waals surface area contributed by atoms with E-state index in [0.29, 0.717) is 13.0 Å². The number of rotatable bonds is 7. The summed E-state index contributed by atoms with van der Waals surface area (Å²) in [5.41, 5.74) is 3.33. The maximum atomic E-state index is 11.8. The number of nitrogens with one attached hydrogen (secondary N) is 2. The number of hydrogen-bond acceptors (Lipinski definition) is 2. The Morgan fingerprint density at radius 1 is 1.00 bits per heavy atom. The molecule has 1 amide bonds. The first-order valence-corrected chi connectivity index (χ1v) is 7.35. The molecule has 3 heteroatoms. The van der Waals surface area contributed by atoms with Crippen LogP contribution in [0.15, 0.2) is 54.6 Å². The van der Waals surface area contributed by atoms with Crippen LogP contribution in [0.5, 0.6) is 0 Å². The molecule has 0 aliphatic heterocycles. The molecule has 2 N–H and O–H groups in total. The van der Waals surface area contributed by atoms with E-state index in [0.717, 1.165) is 24.2 Å². The van der Waals surface area contributed by atoms with E-state index in [-0.39, 0.29) is 5.91 Å². The molecule has 3 nitrogen and oxygen atoms in total. The smallest absolute Gasteiger partial charge is 0.225 e. The minimum Gasteiger partial charge on any atom is -0.326 e. The summed E-state index contributed by atoms with van der Waals surface area (Å²) in [5.74, 6) is 0.0489. The first-order valence-electron chi connectivity index (χ1n) is 7.35. The number of hydrogen-bond donors (Lipinski definition) is 2. The summed E-state index contributed by atoms with van der Waals surface area (Å²) in [4.78, 5) is 11.8. The van der Waals surface area contributed by atoms with Crippen LogP contribution in [0.3, 0.4) is 0 Å². The average Bonchev–Trinajstić information content (AvgIpc) is 2.48. The molecule has 110 valence electrons. The molecule has 0 aromatic heterocycles. The van der Waals surface area contributed by atoms with Crippen molar-refractivity contribution in [3.63, 3.8) is 0 Å². The molecular weight excluding hydrogens is 260 g/mol. The van der Waals surface area contributed by atoms with Gasteiger partial charge in [-0.25, -0.2) is 0 Å². The molecule has 2 rings (SSSR count). The van der Waals surface area contributed by atoms with Crippen molar-refractivity contribution in [2.24, 2.45) is 0 Å². The van der Waals surface area contributed by atoms with Gasteiger partial charge in [-0.05, 0) is 43.1 Å². The lowest BCUT2D eigenvalue weighted by Gasteiger charge is -2.07. The van der Waals surface area contributed by atoms with Gasteiger partial charge in [0, 0.05) is 18.7 Å². The van der Waals surface area contributed by atoms with Gasteiger partial charge in [-0.1, -0.05) is 42.5 Å². The van der Waals surface area contributed by atoms with Gasteiger partial charge in [-0.15, -0.1) is 0 Å². The molecule has 0 spiro atoms. The quantitative estimate of drug-likeness (QED) is 0.766. The average molecular weight is 282 g/mol. The fraction of sp³-hybridized carbons (Fsp3) is 0.278. The fourth-order valence-corrected chi connectivity index (χ4v) is 2.15. The van der Waals surface area contributed by atoms with E-state index in [1.165, 1.54) is 5.56 Å². The van der Waals surface area contributed by atoms with Gasteiger partial charge in [-0.2, -0.15) is 0 Å². The van der Waals surface area contributed by atoms with Crippen LogP contribution < -0.4 is 10.6 Å². The molecule has 0 bridgehead atoms. The number of carbonyl (C=O) groups is 1. The van der Waals surface area contributed by atoms with E-state index in [2.05, 4.69) is 22.8 Å². The minimum absolute atomic E-state index is 0.0489. The van der Waals surface area contributed by atoms with Gasteiger partial charge in [0.05, 0.1) is 0 Å². The largest absolute Gasteiger partial charge is 0.326 e. The second kappa shape index (κ2) is 8.22. The Morgan fingerprint density at radius 2 is 1.81 bits per heavy atom. The first kappa shape index (κ1) is 15.3. The van der Waals surface area contributed by atoms with Crippen molar-refractivity contribution in [1.82, 2.24) is 5.32 Å². The lowest BCUT2D eigenvalue weighted by Crippen LogP contribution is -2.23. The maximum absolute atomic E-state index is 11.8. The number of aryl methyl sites for hydroxylation is 1. The molecule has 2 aromatic rings. The molecule has 0 atom stereocenters. The second-order valence-electron chi connectivity index (χ2n) is 5.15. The Morgan fingerprint density at radius 3 is 2.57 bits per heavy atom. The third kappa shape index (κ3) is 5.79. The molecule has 0 heterocycles. The van der Waals surface area contributed by atoms with Crippen molar-refractivity contribution in [1.29, 1.82) is 0 Å². The van der Waals surface area contributed by atoms with Gasteiger partial charge in [0.1, 0.15) is 0 Å². The molecular formula is C18H22N2O. The topological polar surface area (TPSA) is 41.1 Å². The van der Waals surface area contributed by atoms with Gasteiger partial charge in [0.2, 0.25) is 5.91 Å². The molecule has 0 aliphatic rings. The van der Waals surface area contributed by atoms with E-state index in [9.17, 15) is 4.79 Å². The number of anilines is 1. The van der Waals surface area contributed by atoms with Crippen molar-refractivity contribution in [3.8, 4) is 0 Å². The normalized spacial score (nSPS) is 10.3. The summed E-state index contributed by atoms with van der Waals surface area (Å²) in [5, 5.41) is 6.21. The van der Waals surface area contributed by atoms with Crippen LogP contribution in [0.2, 0.25) is 0 Å². The van der Waals surface area contributed by atoms with Crippen LogP contribution in [0.4, 0.5) is 5.69 Å². The molecule has 0 aliphatic carbocycles. The summed E-state index contributed by atoms with van der Waals surface area (Å²) in [6.45, 7) is 3.60. The van der Waals surface area contributed by atoms with Crippen molar-refractivity contribution in [2.75, 3.05) is 18.4 Å². The Hall–Kier alpha value is -2.13. The van der Waals surface area contributed by atoms with Gasteiger partial charge < -0.3 is 10.6 Å². The standard InChI is InChI=1S/C18H22N2O/c1-15-6-5-9-17(14-15)20-18(21)11-13-19-12-10-16-7-3-2-4-8-16/h2-9,14,19H,10-13H2,1H3,(H,20,21). The Kier molecular flexibility index (Phi) is 5.98. The zero-order valence-electron chi connectivity index (χ0n) is 12.4. The summed E-state index contributed by atoms with van der Waals surface area (Å²) in [6.07, 6.45) is 1.48. The Balaban J connectivity index is 1.61. The zero-order valence-corrected chi connectivity index (χ0v) is 12.4. The minimum atomic E-state index is 0.0489. The highest BCUT2D eigenvalue weighted by Gasteiger charge is 2.02. The molecule has 0 unspecified atom stereocenters. The lowest BCUT2D eigenvalue weighted by molar-refractivity contribution is -0.116. The summed E-state index contributed by atoms with van der Waals surface area (Å²) in [6, 6.07) is 18.2. The Bertz CT molecular complexity index is 566. The highest BCUT2D eigenvalue weighted by molar-refractivity contribution is 5.90. The zero-order chi connectivity index (χ0) is 14.9. The van der Waals surface area contributed by atoms with Crippen LogP contribution >= 0.6 is 0 Å². The summed E-state index contributed by atoms with van der Waals surface area (Å²) in [7, 11) is 0. The van der Waals surface area contributed by atoms with E-state index >= 15 is 0 Å². The molecule has 0 saturated carbocycles. The van der Waals surface area contributed by atoms with Crippen LogP contribution in [-0.4, -0.2) is 19.0 Å². The van der Waals surface area contributed by atoms with Gasteiger partial charge in [0.15, 0.2) is 0 Å². The van der Waals surface area contributed by atoms with Crippen LogP contribution in [0, 0.1) is 6.92 Å². The van der Waals surface area contributed by atoms with Crippen LogP contribution in [0.1, 0.15) is 17.5 Å². The molecule has 0 fully saturated rings. The first-order chi connectivity index (χ1) is 10.2.